The topological polar surface area (TPSA) is 226 Å². The third-order valence-electron chi connectivity index (χ3n) is 8.28. The van der Waals surface area contributed by atoms with Crippen molar-refractivity contribution in [1.29, 1.82) is 0 Å². The molecule has 14 heteroatoms. The molecule has 0 radical (unpaired) electrons. The van der Waals surface area contributed by atoms with E-state index < -0.39 is 75.2 Å². The Morgan fingerprint density at radius 1 is 0.745 bits per heavy atom. The summed E-state index contributed by atoms with van der Waals surface area (Å²) in [4.78, 5) is 23.1. The van der Waals surface area contributed by atoms with Crippen LogP contribution in [0.3, 0.4) is 0 Å². The molecule has 0 spiro atoms. The van der Waals surface area contributed by atoms with E-state index in [2.05, 4.69) is 31.3 Å². The molecule has 0 saturated heterocycles. The van der Waals surface area contributed by atoms with Crippen LogP contribution in [-0.2, 0) is 18.4 Å². The van der Waals surface area contributed by atoms with E-state index in [0.29, 0.717) is 19.3 Å². The Labute approximate surface area is 280 Å². The number of aliphatic hydroxyl groups excluding tert-OH is 7. The second-order valence-electron chi connectivity index (χ2n) is 12.5. The zero-order valence-electron chi connectivity index (χ0n) is 28.2. The van der Waals surface area contributed by atoms with Gasteiger partial charge in [-0.2, -0.15) is 0 Å². The van der Waals surface area contributed by atoms with Gasteiger partial charge in [0.25, 0.3) is 0 Å². The number of carbonyl (C=O) groups excluding carboxylic acids is 1. The number of unbranched alkanes of at least 4 members (excludes halogenated alkanes) is 11. The number of carbonyl (C=O) groups is 1. The highest BCUT2D eigenvalue weighted by molar-refractivity contribution is 7.47. The van der Waals surface area contributed by atoms with E-state index in [0.717, 1.165) is 51.4 Å². The maximum absolute atomic E-state index is 12.8. The Balaban J connectivity index is 2.75. The fraction of sp³-hybridized carbons (Fsp3) is 0.848. The smallest absolute Gasteiger partial charge is 0.393 e. The molecule has 9 N–H and O–H groups in total. The molecule has 1 fully saturated rings. The van der Waals surface area contributed by atoms with Gasteiger partial charge in [-0.15, -0.1) is 0 Å². The average molecular weight is 696 g/mol. The lowest BCUT2D eigenvalue weighted by molar-refractivity contribution is -0.220. The van der Waals surface area contributed by atoms with Gasteiger partial charge in [0.2, 0.25) is 5.91 Å². The van der Waals surface area contributed by atoms with Crippen molar-refractivity contribution in [3.8, 4) is 0 Å². The van der Waals surface area contributed by atoms with E-state index >= 15 is 0 Å². The van der Waals surface area contributed by atoms with Crippen molar-refractivity contribution in [2.24, 2.45) is 0 Å². The molecule has 1 aliphatic rings. The lowest BCUT2D eigenvalue weighted by Crippen LogP contribution is -2.64. The number of phosphoric ester groups is 1. The van der Waals surface area contributed by atoms with Crippen LogP contribution in [-0.4, -0.2) is 108 Å². The van der Waals surface area contributed by atoms with E-state index in [1.165, 1.54) is 31.8 Å². The minimum Gasteiger partial charge on any atom is -0.393 e. The molecular formula is C33H62NO12P. The van der Waals surface area contributed by atoms with Crippen molar-refractivity contribution < 1.29 is 59.0 Å². The highest BCUT2D eigenvalue weighted by atomic mass is 31.2. The largest absolute Gasteiger partial charge is 0.472 e. The van der Waals surface area contributed by atoms with Crippen molar-refractivity contribution >= 4 is 13.7 Å². The van der Waals surface area contributed by atoms with Gasteiger partial charge in [0.15, 0.2) is 0 Å². The van der Waals surface area contributed by atoms with Crippen molar-refractivity contribution in [1.82, 2.24) is 5.32 Å². The van der Waals surface area contributed by atoms with Gasteiger partial charge in [-0.05, 0) is 38.5 Å². The summed E-state index contributed by atoms with van der Waals surface area (Å²) in [5.41, 5.74) is 0. The number of phosphoric acid groups is 1. The minimum atomic E-state index is -5.12. The Morgan fingerprint density at radius 3 is 1.87 bits per heavy atom. The molecule has 0 aromatic heterocycles. The van der Waals surface area contributed by atoms with Crippen molar-refractivity contribution in [3.05, 3.63) is 24.3 Å². The second-order valence-corrected chi connectivity index (χ2v) is 14.0. The first-order valence-electron chi connectivity index (χ1n) is 17.4. The highest BCUT2D eigenvalue weighted by Gasteiger charge is 2.51. The zero-order chi connectivity index (χ0) is 35.2. The first-order chi connectivity index (χ1) is 22.3. The molecule has 1 aliphatic carbocycles. The first kappa shape index (κ1) is 43.8. The number of hydrogen-bond donors (Lipinski definition) is 9. The van der Waals surface area contributed by atoms with Gasteiger partial charge >= 0.3 is 7.82 Å². The molecule has 276 valence electrons. The van der Waals surface area contributed by atoms with Crippen LogP contribution in [0.1, 0.15) is 117 Å². The number of aliphatic hydroxyl groups is 7. The zero-order valence-corrected chi connectivity index (χ0v) is 29.1. The quantitative estimate of drug-likeness (QED) is 0.0362. The number of nitrogens with one attached hydrogen (secondary N) is 1. The van der Waals surface area contributed by atoms with Gasteiger partial charge in [-0.1, -0.05) is 95.9 Å². The normalized spacial score (nSPS) is 26.8. The summed E-state index contributed by atoms with van der Waals surface area (Å²) < 4.78 is 22.6. The van der Waals surface area contributed by atoms with Crippen molar-refractivity contribution in [2.45, 2.75) is 171 Å². The molecule has 1 rings (SSSR count). The molecule has 8 atom stereocenters. The first-order valence-corrected chi connectivity index (χ1v) is 18.9. The Hall–Kier alpha value is -1.22. The van der Waals surface area contributed by atoms with E-state index in [9.17, 15) is 50.0 Å². The number of amides is 1. The molecule has 0 aromatic rings. The van der Waals surface area contributed by atoms with Gasteiger partial charge in [0.1, 0.15) is 36.6 Å². The third-order valence-corrected chi connectivity index (χ3v) is 9.27. The van der Waals surface area contributed by atoms with E-state index in [1.807, 2.05) is 0 Å². The van der Waals surface area contributed by atoms with Gasteiger partial charge < -0.3 is 46.0 Å². The maximum Gasteiger partial charge on any atom is 0.472 e. The lowest BCUT2D eigenvalue weighted by Gasteiger charge is -2.41. The van der Waals surface area contributed by atoms with Gasteiger partial charge in [-0.25, -0.2) is 4.57 Å². The predicted molar refractivity (Wildman–Crippen MR) is 178 cm³/mol. The molecule has 8 unspecified atom stereocenters. The number of rotatable bonds is 26. The molecule has 0 aliphatic heterocycles. The maximum atomic E-state index is 12.8. The predicted octanol–water partition coefficient (Wildman–Crippen LogP) is 2.91. The van der Waals surface area contributed by atoms with Crippen LogP contribution < -0.4 is 5.32 Å². The van der Waals surface area contributed by atoms with E-state index in [4.69, 9.17) is 9.05 Å². The third kappa shape index (κ3) is 18.4. The number of hydrogen-bond acceptors (Lipinski definition) is 11. The summed E-state index contributed by atoms with van der Waals surface area (Å²) in [5, 5.41) is 73.6. The van der Waals surface area contributed by atoms with Crippen molar-refractivity contribution in [3.63, 3.8) is 0 Å². The number of allylic oxidation sites excluding steroid dienone is 3. The van der Waals surface area contributed by atoms with Gasteiger partial charge in [0.05, 0.1) is 31.3 Å². The standard InChI is InChI=1S/C33H62NO12P/c1-3-5-7-9-11-13-15-17-19-21-26(36)25(34-27(37)22-24(35)20-18-16-14-12-10-8-6-4-2)23-45-47(43,44)46-33-31(41)29(39)28(38)30(40)32(33)42/h10,12,19,21,24-26,28-33,35-36,38-42H,3-9,11,13-18,20,22-23H2,1-2H3,(H,34,37)(H,43,44)/b12-10-,21-19+. The van der Waals surface area contributed by atoms with Crippen molar-refractivity contribution in [2.75, 3.05) is 6.61 Å². The summed E-state index contributed by atoms with van der Waals surface area (Å²) in [6.45, 7) is 3.56. The summed E-state index contributed by atoms with van der Waals surface area (Å²) in [5.74, 6) is -0.614. The minimum absolute atomic E-state index is 0.261. The Bertz CT molecular complexity index is 921. The van der Waals surface area contributed by atoms with Gasteiger partial charge in [-0.3, -0.25) is 13.8 Å². The molecular weight excluding hydrogens is 633 g/mol. The average Bonchev–Trinajstić information content (AvgIpc) is 3.03. The van der Waals surface area contributed by atoms with E-state index in [1.54, 1.807) is 6.08 Å². The molecule has 0 heterocycles. The van der Waals surface area contributed by atoms with Crippen LogP contribution in [0.2, 0.25) is 0 Å². The molecule has 0 bridgehead atoms. The van der Waals surface area contributed by atoms with Crippen LogP contribution in [0.25, 0.3) is 0 Å². The van der Waals surface area contributed by atoms with Crippen LogP contribution >= 0.6 is 7.82 Å². The monoisotopic (exact) mass is 695 g/mol. The van der Waals surface area contributed by atoms with Crippen LogP contribution in [0.4, 0.5) is 0 Å². The SMILES string of the molecule is CCCC/C=C\CCCCC(O)CC(=O)NC(COP(=O)(O)OC1C(O)C(O)C(O)C(O)C1O)C(O)/C=C/CCCCCCCCC. The molecule has 0 aromatic carbocycles. The summed E-state index contributed by atoms with van der Waals surface area (Å²) in [6.07, 6.45) is 7.65. The van der Waals surface area contributed by atoms with E-state index in [-0.39, 0.29) is 6.42 Å². The molecule has 13 nitrogen and oxygen atoms in total. The molecule has 1 amide bonds. The highest BCUT2D eigenvalue weighted by Crippen LogP contribution is 2.47. The Morgan fingerprint density at radius 2 is 1.26 bits per heavy atom. The summed E-state index contributed by atoms with van der Waals surface area (Å²) in [7, 11) is -5.12. The lowest BCUT2D eigenvalue weighted by atomic mass is 9.85. The van der Waals surface area contributed by atoms with Crippen LogP contribution in [0.5, 0.6) is 0 Å². The summed E-state index contributed by atoms with van der Waals surface area (Å²) in [6, 6.07) is -1.24. The fourth-order valence-electron chi connectivity index (χ4n) is 5.28. The van der Waals surface area contributed by atoms with Crippen LogP contribution in [0, 0.1) is 0 Å². The molecule has 47 heavy (non-hydrogen) atoms. The molecule has 1 saturated carbocycles. The fourth-order valence-corrected chi connectivity index (χ4v) is 6.24. The van der Waals surface area contributed by atoms with Gasteiger partial charge in [0, 0.05) is 0 Å². The summed E-state index contributed by atoms with van der Waals surface area (Å²) >= 11 is 0. The van der Waals surface area contributed by atoms with Crippen LogP contribution in [0.15, 0.2) is 24.3 Å². The Kier molecular flexibility index (Phi) is 23.2. The second kappa shape index (κ2) is 24.8.